The molecule has 106 valence electrons. The summed E-state index contributed by atoms with van der Waals surface area (Å²) in [7, 11) is 0. The first-order valence-electron chi connectivity index (χ1n) is 6.14. The van der Waals surface area contributed by atoms with Gasteiger partial charge in [0.1, 0.15) is 0 Å². The summed E-state index contributed by atoms with van der Waals surface area (Å²) >= 11 is 0. The molecule has 0 saturated carbocycles. The van der Waals surface area contributed by atoms with E-state index in [9.17, 15) is 15.0 Å². The highest BCUT2D eigenvalue weighted by atomic mass is 16.4. The van der Waals surface area contributed by atoms with E-state index in [0.717, 1.165) is 17.2 Å². The highest BCUT2D eigenvalue weighted by Gasteiger charge is 2.01. The molecule has 0 aliphatic carbocycles. The minimum atomic E-state index is -0.981. The van der Waals surface area contributed by atoms with Gasteiger partial charge >= 0.3 is 5.97 Å². The molecule has 0 heterocycles. The molecule has 0 fully saturated rings. The fourth-order valence-electron chi connectivity index (χ4n) is 1.49. The molecule has 0 radical (unpaired) electrons. The fraction of sp³-hybridized carbons (Fsp3) is 0.400. The zero-order valence-corrected chi connectivity index (χ0v) is 11.4. The smallest absolute Gasteiger partial charge is 0.327 e. The Bertz CT molecular complexity index is 351. The number of carboxylic acid groups (broad SMARTS) is 1. The lowest BCUT2D eigenvalue weighted by atomic mass is 10.0. The molecule has 1 aromatic carbocycles. The molecule has 0 aromatic heterocycles. The monoisotopic (exact) mass is 266 g/mol. The average molecular weight is 266 g/mol. The highest BCUT2D eigenvalue weighted by molar-refractivity contribution is 5.78. The summed E-state index contributed by atoms with van der Waals surface area (Å²) < 4.78 is 0. The van der Waals surface area contributed by atoms with Crippen molar-refractivity contribution in [1.82, 2.24) is 0 Å². The molecule has 3 N–H and O–H groups in total. The molecule has 2 atom stereocenters. The van der Waals surface area contributed by atoms with Crippen molar-refractivity contribution in [3.8, 4) is 0 Å². The van der Waals surface area contributed by atoms with E-state index in [2.05, 4.69) is 6.58 Å². The molecule has 4 nitrogen and oxygen atoms in total. The van der Waals surface area contributed by atoms with Crippen LogP contribution in [0, 0.1) is 0 Å². The predicted octanol–water partition coefficient (Wildman–Crippen LogP) is 1.79. The Hall–Kier alpha value is -1.65. The normalized spacial score (nSPS) is 12.8. The number of carbonyl (C=O) groups is 1. The Labute approximate surface area is 114 Å². The number of aliphatic hydroxyl groups is 2. The Kier molecular flexibility index (Phi) is 8.49. The van der Waals surface area contributed by atoms with Gasteiger partial charge in [-0.1, -0.05) is 30.8 Å². The van der Waals surface area contributed by atoms with Gasteiger partial charge in [-0.15, -0.1) is 0 Å². The average Bonchev–Trinajstić information content (AvgIpc) is 2.31. The standard InChI is InChI=1S/C12H18O2.C3H4O2/c1-9(13)7-11-3-5-12(6-4-11)8-10(2)14;1-2-3(4)5/h3-6,9-10,13-14H,7-8H2,1-2H3;2H,1H2,(H,4,5). The fourth-order valence-corrected chi connectivity index (χ4v) is 1.49. The van der Waals surface area contributed by atoms with Crippen molar-refractivity contribution in [3.05, 3.63) is 48.0 Å². The SMILES string of the molecule is C=CC(=O)O.CC(O)Cc1ccc(CC(C)O)cc1. The summed E-state index contributed by atoms with van der Waals surface area (Å²) in [5, 5.41) is 26.0. The summed E-state index contributed by atoms with van der Waals surface area (Å²) in [4.78, 5) is 9.25. The first-order chi connectivity index (χ1) is 8.85. The van der Waals surface area contributed by atoms with Gasteiger partial charge in [0, 0.05) is 6.08 Å². The van der Waals surface area contributed by atoms with Crippen LogP contribution in [-0.4, -0.2) is 33.5 Å². The maximum Gasteiger partial charge on any atom is 0.327 e. The molecule has 19 heavy (non-hydrogen) atoms. The Morgan fingerprint density at radius 3 is 1.53 bits per heavy atom. The molecule has 0 bridgehead atoms. The second-order valence-corrected chi connectivity index (χ2v) is 4.47. The van der Waals surface area contributed by atoms with Crippen LogP contribution in [0.1, 0.15) is 25.0 Å². The van der Waals surface area contributed by atoms with Crippen molar-refractivity contribution in [2.24, 2.45) is 0 Å². The van der Waals surface area contributed by atoms with E-state index < -0.39 is 5.97 Å². The van der Waals surface area contributed by atoms with Crippen LogP contribution in [-0.2, 0) is 17.6 Å². The molecule has 0 spiro atoms. The van der Waals surface area contributed by atoms with Crippen LogP contribution >= 0.6 is 0 Å². The van der Waals surface area contributed by atoms with Crippen LogP contribution in [0.4, 0.5) is 0 Å². The Morgan fingerprint density at radius 2 is 1.37 bits per heavy atom. The molecular formula is C15H22O4. The first kappa shape index (κ1) is 17.4. The van der Waals surface area contributed by atoms with Crippen LogP contribution in [0.5, 0.6) is 0 Å². The number of benzene rings is 1. The van der Waals surface area contributed by atoms with Gasteiger partial charge in [-0.05, 0) is 37.8 Å². The van der Waals surface area contributed by atoms with E-state index in [4.69, 9.17) is 5.11 Å². The van der Waals surface area contributed by atoms with Crippen molar-refractivity contribution in [2.45, 2.75) is 38.9 Å². The molecule has 0 amide bonds. The number of hydrogen-bond donors (Lipinski definition) is 3. The zero-order chi connectivity index (χ0) is 14.8. The van der Waals surface area contributed by atoms with Crippen LogP contribution in [0.15, 0.2) is 36.9 Å². The lowest BCUT2D eigenvalue weighted by Crippen LogP contribution is -2.06. The van der Waals surface area contributed by atoms with E-state index in [0.29, 0.717) is 12.8 Å². The molecule has 0 saturated heterocycles. The van der Waals surface area contributed by atoms with Crippen LogP contribution in [0.3, 0.4) is 0 Å². The number of aliphatic carboxylic acids is 1. The van der Waals surface area contributed by atoms with Gasteiger partial charge in [0.2, 0.25) is 0 Å². The van der Waals surface area contributed by atoms with E-state index in [1.165, 1.54) is 0 Å². The number of aliphatic hydroxyl groups excluding tert-OH is 2. The van der Waals surface area contributed by atoms with E-state index in [-0.39, 0.29) is 12.2 Å². The lowest BCUT2D eigenvalue weighted by Gasteiger charge is -2.07. The second-order valence-electron chi connectivity index (χ2n) is 4.47. The Morgan fingerprint density at radius 1 is 1.11 bits per heavy atom. The highest BCUT2D eigenvalue weighted by Crippen LogP contribution is 2.08. The molecule has 2 unspecified atom stereocenters. The number of rotatable bonds is 5. The second kappa shape index (κ2) is 9.30. The van der Waals surface area contributed by atoms with Gasteiger partial charge in [-0.3, -0.25) is 0 Å². The van der Waals surface area contributed by atoms with Gasteiger partial charge in [0.15, 0.2) is 0 Å². The zero-order valence-electron chi connectivity index (χ0n) is 11.4. The van der Waals surface area contributed by atoms with Crippen molar-refractivity contribution in [3.63, 3.8) is 0 Å². The van der Waals surface area contributed by atoms with Crippen molar-refractivity contribution >= 4 is 5.97 Å². The third-order valence-corrected chi connectivity index (χ3v) is 2.26. The van der Waals surface area contributed by atoms with Gasteiger partial charge in [0.05, 0.1) is 12.2 Å². The van der Waals surface area contributed by atoms with E-state index in [1.54, 1.807) is 13.8 Å². The topological polar surface area (TPSA) is 77.8 Å². The van der Waals surface area contributed by atoms with Gasteiger partial charge in [-0.25, -0.2) is 4.79 Å². The number of carboxylic acids is 1. The lowest BCUT2D eigenvalue weighted by molar-refractivity contribution is -0.131. The van der Waals surface area contributed by atoms with Crippen LogP contribution in [0.25, 0.3) is 0 Å². The third kappa shape index (κ3) is 10.00. The summed E-state index contributed by atoms with van der Waals surface area (Å²) in [5.41, 5.74) is 2.27. The van der Waals surface area contributed by atoms with Crippen LogP contribution in [0.2, 0.25) is 0 Å². The maximum absolute atomic E-state index is 9.25. The molecule has 0 aliphatic heterocycles. The molecule has 1 aromatic rings. The third-order valence-electron chi connectivity index (χ3n) is 2.26. The molecule has 0 aliphatic rings. The van der Waals surface area contributed by atoms with E-state index >= 15 is 0 Å². The summed E-state index contributed by atoms with van der Waals surface area (Å²) in [6, 6.07) is 8.02. The quantitative estimate of drug-likeness (QED) is 0.710. The van der Waals surface area contributed by atoms with Crippen molar-refractivity contribution < 1.29 is 20.1 Å². The summed E-state index contributed by atoms with van der Waals surface area (Å²) in [6.45, 7) is 6.52. The Balaban J connectivity index is 0.000000555. The maximum atomic E-state index is 9.25. The largest absolute Gasteiger partial charge is 0.478 e. The molecular weight excluding hydrogens is 244 g/mol. The molecule has 4 heteroatoms. The summed E-state index contributed by atoms with van der Waals surface area (Å²) in [6.07, 6.45) is 1.62. The minimum absolute atomic E-state index is 0.294. The predicted molar refractivity (Wildman–Crippen MR) is 75.0 cm³/mol. The van der Waals surface area contributed by atoms with Crippen LogP contribution < -0.4 is 0 Å². The van der Waals surface area contributed by atoms with Gasteiger partial charge in [0.25, 0.3) is 0 Å². The number of hydrogen-bond acceptors (Lipinski definition) is 3. The van der Waals surface area contributed by atoms with E-state index in [1.807, 2.05) is 24.3 Å². The molecule has 1 rings (SSSR count). The first-order valence-corrected chi connectivity index (χ1v) is 6.14. The van der Waals surface area contributed by atoms with Gasteiger partial charge < -0.3 is 15.3 Å². The van der Waals surface area contributed by atoms with Crippen molar-refractivity contribution in [1.29, 1.82) is 0 Å². The van der Waals surface area contributed by atoms with Crippen molar-refractivity contribution in [2.75, 3.05) is 0 Å². The summed E-state index contributed by atoms with van der Waals surface area (Å²) in [5.74, 6) is -0.981. The minimum Gasteiger partial charge on any atom is -0.478 e. The van der Waals surface area contributed by atoms with Gasteiger partial charge in [-0.2, -0.15) is 0 Å².